The van der Waals surface area contributed by atoms with Gasteiger partial charge in [-0.25, -0.2) is 23.5 Å². The zero-order valence-electron chi connectivity index (χ0n) is 18.4. The van der Waals surface area contributed by atoms with Gasteiger partial charge in [0.1, 0.15) is 18.5 Å². The lowest BCUT2D eigenvalue weighted by atomic mass is 9.64. The fourth-order valence-corrected chi connectivity index (χ4v) is 5.42. The Labute approximate surface area is 196 Å². The van der Waals surface area contributed by atoms with Gasteiger partial charge >= 0.3 is 12.2 Å². The summed E-state index contributed by atoms with van der Waals surface area (Å²) in [6.07, 6.45) is 1.80. The zero-order valence-corrected chi connectivity index (χ0v) is 18.4. The second-order valence-corrected chi connectivity index (χ2v) is 9.16. The molecule has 13 heteroatoms. The number of nitrogens with one attached hydrogen (secondary N) is 1. The number of hydrogen-bond donors (Lipinski definition) is 1. The number of nitrogens with zero attached hydrogens (tertiary/aromatic N) is 6. The molecule has 35 heavy (non-hydrogen) atoms. The molecule has 2 amide bonds. The van der Waals surface area contributed by atoms with Crippen molar-refractivity contribution in [2.24, 2.45) is 5.92 Å². The third-order valence-electron chi connectivity index (χ3n) is 6.57. The summed E-state index contributed by atoms with van der Waals surface area (Å²) in [7, 11) is 0. The van der Waals surface area contributed by atoms with Crippen molar-refractivity contribution in [3.05, 3.63) is 54.4 Å². The topological polar surface area (TPSA) is 88.8 Å². The highest BCUT2D eigenvalue weighted by Crippen LogP contribution is 2.51. The second kappa shape index (κ2) is 8.24. The van der Waals surface area contributed by atoms with Crippen LogP contribution in [0.1, 0.15) is 31.7 Å². The molecule has 2 bridgehead atoms. The zero-order chi connectivity index (χ0) is 25.0. The summed E-state index contributed by atoms with van der Waals surface area (Å²) in [6, 6.07) is 0.413. The van der Waals surface area contributed by atoms with Gasteiger partial charge in [0.05, 0.1) is 29.2 Å². The van der Waals surface area contributed by atoms with E-state index in [-0.39, 0.29) is 12.1 Å². The molecule has 6 rings (SSSR count). The highest BCUT2D eigenvalue weighted by atomic mass is 19.4. The first-order valence-electron chi connectivity index (χ1n) is 10.9. The maximum absolute atomic E-state index is 14.8. The predicted octanol–water partition coefficient (Wildman–Crippen LogP) is 4.51. The molecule has 1 saturated carbocycles. The van der Waals surface area contributed by atoms with Gasteiger partial charge in [-0.15, -0.1) is 10.2 Å². The molecule has 3 fully saturated rings. The van der Waals surface area contributed by atoms with Crippen LogP contribution in [0.5, 0.6) is 0 Å². The number of benzene rings is 1. The summed E-state index contributed by atoms with van der Waals surface area (Å²) in [5.41, 5.74) is -2.91. The van der Waals surface area contributed by atoms with E-state index >= 15 is 0 Å². The number of halogens is 5. The molecule has 8 nitrogen and oxygen atoms in total. The minimum atomic E-state index is -4.93. The highest BCUT2D eigenvalue weighted by Gasteiger charge is 2.58. The van der Waals surface area contributed by atoms with Crippen LogP contribution >= 0.6 is 0 Å². The summed E-state index contributed by atoms with van der Waals surface area (Å²) in [5, 5.41) is 10.0. The molecule has 3 unspecified atom stereocenters. The van der Waals surface area contributed by atoms with Gasteiger partial charge in [-0.2, -0.15) is 13.2 Å². The number of aromatic nitrogens is 5. The Morgan fingerprint density at radius 3 is 2.49 bits per heavy atom. The Morgan fingerprint density at radius 1 is 1.14 bits per heavy atom. The summed E-state index contributed by atoms with van der Waals surface area (Å²) in [4.78, 5) is 22.1. The van der Waals surface area contributed by atoms with Crippen LogP contribution in [0.3, 0.4) is 0 Å². The van der Waals surface area contributed by atoms with Crippen molar-refractivity contribution >= 4 is 11.7 Å². The molecule has 4 heterocycles. The van der Waals surface area contributed by atoms with Crippen LogP contribution in [0.2, 0.25) is 0 Å². The molecule has 2 saturated heterocycles. The van der Waals surface area contributed by atoms with Crippen LogP contribution < -0.4 is 5.32 Å². The van der Waals surface area contributed by atoms with Gasteiger partial charge in [0, 0.05) is 18.2 Å². The number of anilines is 1. The van der Waals surface area contributed by atoms with Crippen LogP contribution in [-0.2, 0) is 12.7 Å². The van der Waals surface area contributed by atoms with Gasteiger partial charge in [0.25, 0.3) is 0 Å². The van der Waals surface area contributed by atoms with Crippen LogP contribution in [0, 0.1) is 17.6 Å². The number of carbonyl (C=O) groups excluding carboxylic acids is 1. The van der Waals surface area contributed by atoms with Crippen LogP contribution in [-0.4, -0.2) is 47.2 Å². The average Bonchev–Trinajstić information content (AvgIpc) is 3.27. The van der Waals surface area contributed by atoms with E-state index < -0.39 is 52.0 Å². The Morgan fingerprint density at radius 2 is 1.83 bits per heavy atom. The van der Waals surface area contributed by atoms with E-state index in [1.165, 1.54) is 0 Å². The maximum atomic E-state index is 14.8. The smallest absolute Gasteiger partial charge is 0.318 e. The summed E-state index contributed by atoms with van der Waals surface area (Å²) in [6.45, 7) is 2.53. The number of piperidine rings is 1. The van der Waals surface area contributed by atoms with E-state index in [0.717, 1.165) is 18.9 Å². The maximum Gasteiger partial charge on any atom is 0.417 e. The molecule has 0 spiro atoms. The highest BCUT2D eigenvalue weighted by molar-refractivity contribution is 5.92. The minimum Gasteiger partial charge on any atom is -0.318 e. The Hall–Kier alpha value is -3.64. The largest absolute Gasteiger partial charge is 0.417 e. The number of alkyl halides is 3. The first-order valence-corrected chi connectivity index (χ1v) is 10.9. The van der Waals surface area contributed by atoms with E-state index in [9.17, 15) is 26.7 Å². The summed E-state index contributed by atoms with van der Waals surface area (Å²) in [5.74, 6) is -2.19. The van der Waals surface area contributed by atoms with Crippen molar-refractivity contribution in [3.8, 4) is 11.4 Å². The van der Waals surface area contributed by atoms with Gasteiger partial charge < -0.3 is 14.8 Å². The molecule has 2 aliphatic heterocycles. The SMILES string of the molecule is CC1CC2CC(Cn3cnnc3)(C1)N2C(=O)Nc1cc(-c2ncc(F)cn2)c(C(F)(F)F)cc1F. The summed E-state index contributed by atoms with van der Waals surface area (Å²) >= 11 is 0. The van der Waals surface area contributed by atoms with Gasteiger partial charge in [0.2, 0.25) is 0 Å². The molecule has 3 atom stereocenters. The monoisotopic (exact) mass is 493 g/mol. The predicted molar refractivity (Wildman–Crippen MR) is 113 cm³/mol. The second-order valence-electron chi connectivity index (χ2n) is 9.16. The molecule has 1 N–H and O–H groups in total. The molecule has 1 aromatic carbocycles. The summed E-state index contributed by atoms with van der Waals surface area (Å²) < 4.78 is 70.6. The fourth-order valence-electron chi connectivity index (χ4n) is 5.42. The molecule has 1 aliphatic carbocycles. The molecule has 0 radical (unpaired) electrons. The van der Waals surface area contributed by atoms with Crippen molar-refractivity contribution in [2.75, 3.05) is 5.32 Å². The Balaban J connectivity index is 1.47. The van der Waals surface area contributed by atoms with Crippen molar-refractivity contribution in [2.45, 2.75) is 50.5 Å². The number of fused-ring (bicyclic) bond motifs is 2. The van der Waals surface area contributed by atoms with E-state index in [1.807, 2.05) is 0 Å². The van der Waals surface area contributed by atoms with Crippen LogP contribution in [0.15, 0.2) is 37.2 Å². The Kier molecular flexibility index (Phi) is 5.44. The molecule has 184 valence electrons. The molecule has 3 aromatic rings. The third kappa shape index (κ3) is 4.19. The lowest BCUT2D eigenvalue weighted by Gasteiger charge is -2.63. The molecule has 3 aliphatic rings. The number of carbonyl (C=O) groups is 1. The normalized spacial score (nSPS) is 23.7. The number of hydrogen-bond acceptors (Lipinski definition) is 5. The first kappa shape index (κ1) is 23.1. The Bertz CT molecular complexity index is 1250. The number of urea groups is 1. The van der Waals surface area contributed by atoms with Crippen molar-refractivity contribution in [1.29, 1.82) is 0 Å². The average molecular weight is 493 g/mol. The van der Waals surface area contributed by atoms with Crippen molar-refractivity contribution < 1.29 is 26.7 Å². The van der Waals surface area contributed by atoms with Gasteiger partial charge in [-0.3, -0.25) is 0 Å². The lowest BCUT2D eigenvalue weighted by molar-refractivity contribution is -0.137. The minimum absolute atomic E-state index is 0.0763. The van der Waals surface area contributed by atoms with E-state index in [1.54, 1.807) is 22.1 Å². The number of rotatable bonds is 4. The van der Waals surface area contributed by atoms with E-state index in [2.05, 4.69) is 32.4 Å². The molecular weight excluding hydrogens is 473 g/mol. The quantitative estimate of drug-likeness (QED) is 0.541. The first-order chi connectivity index (χ1) is 16.6. The van der Waals surface area contributed by atoms with Crippen LogP contribution in [0.25, 0.3) is 11.4 Å². The molecule has 2 aromatic heterocycles. The van der Waals surface area contributed by atoms with Gasteiger partial charge in [-0.1, -0.05) is 6.92 Å². The van der Waals surface area contributed by atoms with Gasteiger partial charge in [-0.05, 0) is 37.3 Å². The lowest BCUT2D eigenvalue weighted by Crippen LogP contribution is -2.73. The van der Waals surface area contributed by atoms with Crippen molar-refractivity contribution in [3.63, 3.8) is 0 Å². The standard InChI is InChI=1S/C22H20F5N7O/c1-12-2-14-6-21(5-12,9-33-10-30-31-11-33)34(14)20(35)32-18-3-15(19-28-7-13(23)8-29-19)16(4-17(18)24)22(25,26)27/h3-4,7-8,10-12,14H,2,5-6,9H2,1H3,(H,32,35). The van der Waals surface area contributed by atoms with E-state index in [4.69, 9.17) is 0 Å². The van der Waals surface area contributed by atoms with E-state index in [0.29, 0.717) is 31.3 Å². The molecular formula is C22H20F5N7O. The van der Waals surface area contributed by atoms with Crippen molar-refractivity contribution in [1.82, 2.24) is 29.6 Å². The number of amides is 2. The van der Waals surface area contributed by atoms with Crippen LogP contribution in [0.4, 0.5) is 32.4 Å². The van der Waals surface area contributed by atoms with Gasteiger partial charge in [0.15, 0.2) is 11.6 Å². The fraction of sp³-hybridized carbons (Fsp3) is 0.409. The third-order valence-corrected chi connectivity index (χ3v) is 6.57.